The van der Waals surface area contributed by atoms with Crippen LogP contribution in [0.4, 0.5) is 11.5 Å². The summed E-state index contributed by atoms with van der Waals surface area (Å²) in [6, 6.07) is 21.8. The van der Waals surface area contributed by atoms with Crippen LogP contribution in [0.2, 0.25) is 0 Å². The summed E-state index contributed by atoms with van der Waals surface area (Å²) in [5.41, 5.74) is 10.7. The third-order valence-electron chi connectivity index (χ3n) is 7.65. The molecule has 4 heterocycles. The number of rotatable bonds is 5. The van der Waals surface area contributed by atoms with E-state index in [0.29, 0.717) is 30.3 Å². The van der Waals surface area contributed by atoms with Crippen LogP contribution in [0.1, 0.15) is 41.7 Å². The van der Waals surface area contributed by atoms with Crippen molar-refractivity contribution in [3.63, 3.8) is 0 Å². The molecule has 5 aromatic rings. The van der Waals surface area contributed by atoms with Gasteiger partial charge in [0.1, 0.15) is 17.4 Å². The highest BCUT2D eigenvalue weighted by molar-refractivity contribution is 6.04. The summed E-state index contributed by atoms with van der Waals surface area (Å²) in [7, 11) is 0. The summed E-state index contributed by atoms with van der Waals surface area (Å²) in [5, 5.41) is 7.34. The monoisotopic (exact) mass is 547 g/mol. The summed E-state index contributed by atoms with van der Waals surface area (Å²) >= 11 is 0. The molecule has 41 heavy (non-hydrogen) atoms. The van der Waals surface area contributed by atoms with Gasteiger partial charge in [0.2, 0.25) is 5.91 Å². The first kappa shape index (κ1) is 26.0. The zero-order chi connectivity index (χ0) is 28.5. The van der Waals surface area contributed by atoms with Gasteiger partial charge in [0.25, 0.3) is 11.5 Å². The highest BCUT2D eigenvalue weighted by Gasteiger charge is 2.26. The Morgan fingerprint density at radius 2 is 1.71 bits per heavy atom. The molecule has 1 fully saturated rings. The number of para-hydroxylation sites is 1. The maximum atomic E-state index is 13.1. The molecule has 2 aromatic carbocycles. The van der Waals surface area contributed by atoms with E-state index in [1.807, 2.05) is 51.9 Å². The second-order valence-corrected chi connectivity index (χ2v) is 10.1. The van der Waals surface area contributed by atoms with E-state index in [-0.39, 0.29) is 17.4 Å². The lowest BCUT2D eigenvalue weighted by Gasteiger charge is -2.31. The molecule has 0 radical (unpaired) electrons. The molecule has 3 N–H and O–H groups in total. The summed E-state index contributed by atoms with van der Waals surface area (Å²) in [4.78, 5) is 44.0. The molecule has 6 rings (SSSR count). The molecule has 0 aliphatic carbocycles. The number of nitrogens with one attached hydrogen (secondary N) is 1. The number of likely N-dealkylation sites (tertiary alicyclic amines) is 1. The van der Waals surface area contributed by atoms with Crippen molar-refractivity contribution in [2.24, 2.45) is 0 Å². The highest BCUT2D eigenvalue weighted by atomic mass is 16.2. The number of nitrogens with zero attached hydrogens (tertiary/aromatic N) is 5. The van der Waals surface area contributed by atoms with E-state index in [2.05, 4.69) is 21.5 Å². The van der Waals surface area contributed by atoms with E-state index in [0.717, 1.165) is 35.2 Å². The van der Waals surface area contributed by atoms with Crippen molar-refractivity contribution in [3.8, 4) is 16.8 Å². The summed E-state index contributed by atoms with van der Waals surface area (Å²) in [6.07, 6.45) is 4.77. The predicted octanol–water partition coefficient (Wildman–Crippen LogP) is 4.11. The predicted molar refractivity (Wildman–Crippen MR) is 157 cm³/mol. The van der Waals surface area contributed by atoms with Gasteiger partial charge in [0, 0.05) is 54.8 Å². The molecule has 1 saturated heterocycles. The number of benzene rings is 2. The molecule has 10 heteroatoms. The van der Waals surface area contributed by atoms with Gasteiger partial charge in [0.05, 0.1) is 0 Å². The minimum Gasteiger partial charge on any atom is -0.382 e. The zero-order valence-corrected chi connectivity index (χ0v) is 22.5. The standard InChI is InChI=1S/C31H29N7O3/c1-20(39)36-16-13-22(14-17-36)27-18-26(28-29(32)33-19-34-38(27)28)21-9-11-23(12-10-21)35-30(40)25-8-5-15-37(31(25)41)24-6-3-2-4-7-24/h2-12,15,18-19,22H,13-14,16-17H2,1H3,(H,35,40)(H2,32,33,34). The molecule has 0 unspecified atom stereocenters. The van der Waals surface area contributed by atoms with E-state index in [1.165, 1.54) is 17.0 Å². The zero-order valence-electron chi connectivity index (χ0n) is 22.5. The highest BCUT2D eigenvalue weighted by Crippen LogP contribution is 2.37. The van der Waals surface area contributed by atoms with Crippen molar-refractivity contribution in [1.29, 1.82) is 0 Å². The van der Waals surface area contributed by atoms with Gasteiger partial charge in [-0.3, -0.25) is 19.0 Å². The van der Waals surface area contributed by atoms with Crippen LogP contribution in [0, 0.1) is 0 Å². The molecule has 1 aliphatic rings. The van der Waals surface area contributed by atoms with Crippen LogP contribution < -0.4 is 16.6 Å². The molecule has 1 aliphatic heterocycles. The van der Waals surface area contributed by atoms with E-state index in [1.54, 1.807) is 31.3 Å². The second-order valence-electron chi connectivity index (χ2n) is 10.1. The molecule has 2 amide bonds. The minimum absolute atomic E-state index is 0.0456. The SMILES string of the molecule is CC(=O)N1CCC(c2cc(-c3ccc(NC(=O)c4cccn(-c5ccccc5)c4=O)cc3)c3c(N)ncnn23)CC1. The summed E-state index contributed by atoms with van der Waals surface area (Å²) < 4.78 is 3.30. The number of carbonyl (C=O) groups is 2. The third kappa shape index (κ3) is 4.95. The lowest BCUT2D eigenvalue weighted by molar-refractivity contribution is -0.129. The normalized spacial score (nSPS) is 13.8. The first-order valence-corrected chi connectivity index (χ1v) is 13.5. The number of nitrogen functional groups attached to an aromatic ring is 1. The quantitative estimate of drug-likeness (QED) is 0.341. The molecule has 3 aromatic heterocycles. The minimum atomic E-state index is -0.487. The molecule has 10 nitrogen and oxygen atoms in total. The maximum absolute atomic E-state index is 13.1. The number of hydrogen-bond donors (Lipinski definition) is 2. The van der Waals surface area contributed by atoms with Crippen molar-refractivity contribution in [2.75, 3.05) is 24.1 Å². The number of aromatic nitrogens is 4. The molecular weight excluding hydrogens is 518 g/mol. The first-order valence-electron chi connectivity index (χ1n) is 13.5. The maximum Gasteiger partial charge on any atom is 0.267 e. The average Bonchev–Trinajstić information content (AvgIpc) is 3.39. The van der Waals surface area contributed by atoms with E-state index in [9.17, 15) is 14.4 Å². The van der Waals surface area contributed by atoms with Gasteiger partial charge in [-0.2, -0.15) is 5.10 Å². The summed E-state index contributed by atoms with van der Waals surface area (Å²) in [5.74, 6) is 0.209. The molecular formula is C31H29N7O3. The molecule has 206 valence electrons. The van der Waals surface area contributed by atoms with Crippen molar-refractivity contribution in [1.82, 2.24) is 24.1 Å². The fourth-order valence-electron chi connectivity index (χ4n) is 5.48. The number of carbonyl (C=O) groups excluding carboxylic acids is 2. The lowest BCUT2D eigenvalue weighted by Crippen LogP contribution is -2.36. The topological polar surface area (TPSA) is 128 Å². The van der Waals surface area contributed by atoms with Gasteiger partial charge in [0.15, 0.2) is 5.82 Å². The summed E-state index contributed by atoms with van der Waals surface area (Å²) in [6.45, 7) is 3.01. The van der Waals surface area contributed by atoms with Crippen LogP contribution in [0.5, 0.6) is 0 Å². The number of hydrogen-bond acceptors (Lipinski definition) is 6. The van der Waals surface area contributed by atoms with E-state index in [4.69, 9.17) is 5.73 Å². The lowest BCUT2D eigenvalue weighted by atomic mass is 9.93. The van der Waals surface area contributed by atoms with Crippen LogP contribution in [0.3, 0.4) is 0 Å². The van der Waals surface area contributed by atoms with Crippen LogP contribution in [0.25, 0.3) is 22.3 Å². The molecule has 0 bridgehead atoms. The van der Waals surface area contributed by atoms with Crippen LogP contribution >= 0.6 is 0 Å². The van der Waals surface area contributed by atoms with Gasteiger partial charge in [-0.1, -0.05) is 30.3 Å². The van der Waals surface area contributed by atoms with Crippen LogP contribution in [-0.2, 0) is 4.79 Å². The van der Waals surface area contributed by atoms with E-state index >= 15 is 0 Å². The number of nitrogens with two attached hydrogens (primary N) is 1. The van der Waals surface area contributed by atoms with Gasteiger partial charge in [-0.15, -0.1) is 0 Å². The van der Waals surface area contributed by atoms with Crippen molar-refractivity contribution in [3.05, 3.63) is 107 Å². The van der Waals surface area contributed by atoms with E-state index < -0.39 is 11.5 Å². The molecule has 0 spiro atoms. The average molecular weight is 548 g/mol. The third-order valence-corrected chi connectivity index (χ3v) is 7.65. The Balaban J connectivity index is 1.26. The van der Waals surface area contributed by atoms with Crippen molar-refractivity contribution < 1.29 is 9.59 Å². The number of pyridine rings is 1. The Morgan fingerprint density at radius 3 is 2.41 bits per heavy atom. The Labute approximate surface area is 236 Å². The number of amides is 2. The van der Waals surface area contributed by atoms with Gasteiger partial charge in [-0.05, 0) is 60.9 Å². The fourth-order valence-corrected chi connectivity index (χ4v) is 5.48. The fraction of sp³-hybridized carbons (Fsp3) is 0.194. The number of piperidine rings is 1. The molecule has 0 saturated carbocycles. The molecule has 0 atom stereocenters. The number of anilines is 2. The van der Waals surface area contributed by atoms with Gasteiger partial charge < -0.3 is 16.0 Å². The van der Waals surface area contributed by atoms with Gasteiger partial charge in [-0.25, -0.2) is 9.50 Å². The first-order chi connectivity index (χ1) is 19.9. The smallest absolute Gasteiger partial charge is 0.267 e. The Bertz CT molecular complexity index is 1800. The number of fused-ring (bicyclic) bond motifs is 1. The largest absolute Gasteiger partial charge is 0.382 e. The Hall–Kier alpha value is -5.25. The second kappa shape index (κ2) is 10.7. The van der Waals surface area contributed by atoms with Crippen molar-refractivity contribution >= 4 is 28.8 Å². The van der Waals surface area contributed by atoms with Crippen LogP contribution in [0.15, 0.2) is 90.1 Å². The Kier molecular flexibility index (Phi) is 6.80. The van der Waals surface area contributed by atoms with Crippen molar-refractivity contribution in [2.45, 2.75) is 25.7 Å². The Morgan fingerprint density at radius 1 is 0.976 bits per heavy atom. The van der Waals surface area contributed by atoms with Crippen LogP contribution in [-0.4, -0.2) is 49.0 Å². The van der Waals surface area contributed by atoms with Gasteiger partial charge >= 0.3 is 0 Å².